The van der Waals surface area contributed by atoms with Gasteiger partial charge in [-0.25, -0.2) is 0 Å². The van der Waals surface area contributed by atoms with Crippen molar-refractivity contribution in [3.8, 4) is 0 Å². The van der Waals surface area contributed by atoms with Crippen molar-refractivity contribution in [3.05, 3.63) is 78.1 Å². The maximum atomic E-state index is 12.4. The summed E-state index contributed by atoms with van der Waals surface area (Å²) in [4.78, 5) is 18.1. The maximum absolute atomic E-state index is 12.4. The average Bonchev–Trinajstić information content (AvgIpc) is 2.55. The van der Waals surface area contributed by atoms with Crippen LogP contribution in [-0.2, 0) is 6.54 Å². The van der Waals surface area contributed by atoms with Crippen molar-refractivity contribution in [2.45, 2.75) is 6.54 Å². The number of nitrogens with zero attached hydrogens (tertiary/aromatic N) is 2. The minimum absolute atomic E-state index is 0.00494. The number of rotatable bonds is 3. The molecule has 3 rings (SSSR count). The van der Waals surface area contributed by atoms with Crippen molar-refractivity contribution < 1.29 is 4.79 Å². The third-order valence-electron chi connectivity index (χ3n) is 3.56. The van der Waals surface area contributed by atoms with E-state index in [0.717, 1.165) is 5.56 Å². The fourth-order valence-electron chi connectivity index (χ4n) is 2.47. The fraction of sp³-hybridized carbons (Fsp3) is 0.111. The molecule has 104 valence electrons. The van der Waals surface area contributed by atoms with E-state index in [1.807, 2.05) is 25.2 Å². The Morgan fingerprint density at radius 2 is 1.71 bits per heavy atom. The predicted octanol–water partition coefficient (Wildman–Crippen LogP) is 3.51. The second-order valence-electron chi connectivity index (χ2n) is 5.04. The minimum Gasteiger partial charge on any atom is -0.337 e. The van der Waals surface area contributed by atoms with Crippen LogP contribution in [0.25, 0.3) is 10.8 Å². The topological polar surface area (TPSA) is 33.2 Å². The SMILES string of the molecule is CN(Cc1cccc2ccccc12)C(=O)c1ccncc1. The summed E-state index contributed by atoms with van der Waals surface area (Å²) < 4.78 is 0. The molecule has 0 unspecified atom stereocenters. The van der Waals surface area contributed by atoms with Gasteiger partial charge in [-0.1, -0.05) is 42.5 Å². The molecule has 0 spiro atoms. The number of aromatic nitrogens is 1. The van der Waals surface area contributed by atoms with Crippen LogP contribution in [0.4, 0.5) is 0 Å². The first-order valence-electron chi connectivity index (χ1n) is 6.88. The van der Waals surface area contributed by atoms with Gasteiger partial charge in [0.25, 0.3) is 5.91 Å². The van der Waals surface area contributed by atoms with Gasteiger partial charge in [-0.05, 0) is 28.5 Å². The van der Waals surface area contributed by atoms with E-state index in [4.69, 9.17) is 0 Å². The summed E-state index contributed by atoms with van der Waals surface area (Å²) in [5.74, 6) is 0.00494. The van der Waals surface area contributed by atoms with Crippen LogP contribution in [0.1, 0.15) is 15.9 Å². The molecule has 0 saturated heterocycles. The average molecular weight is 276 g/mol. The van der Waals surface area contributed by atoms with Crippen molar-refractivity contribution >= 4 is 16.7 Å². The van der Waals surface area contributed by atoms with Crippen LogP contribution in [0.2, 0.25) is 0 Å². The van der Waals surface area contributed by atoms with Crippen molar-refractivity contribution in [1.82, 2.24) is 9.88 Å². The van der Waals surface area contributed by atoms with E-state index < -0.39 is 0 Å². The summed E-state index contributed by atoms with van der Waals surface area (Å²) in [6.07, 6.45) is 3.28. The van der Waals surface area contributed by atoms with E-state index in [0.29, 0.717) is 12.1 Å². The molecule has 0 bridgehead atoms. The highest BCUT2D eigenvalue weighted by atomic mass is 16.2. The molecule has 0 radical (unpaired) electrons. The van der Waals surface area contributed by atoms with Gasteiger partial charge < -0.3 is 4.90 Å². The van der Waals surface area contributed by atoms with Crippen molar-refractivity contribution in [2.75, 3.05) is 7.05 Å². The first-order chi connectivity index (χ1) is 10.3. The number of amides is 1. The van der Waals surface area contributed by atoms with E-state index >= 15 is 0 Å². The lowest BCUT2D eigenvalue weighted by Gasteiger charge is -2.18. The highest BCUT2D eigenvalue weighted by Gasteiger charge is 2.12. The largest absolute Gasteiger partial charge is 0.337 e. The number of hydrogen-bond donors (Lipinski definition) is 0. The van der Waals surface area contributed by atoms with Crippen LogP contribution in [0.15, 0.2) is 67.0 Å². The third kappa shape index (κ3) is 2.77. The van der Waals surface area contributed by atoms with Crippen LogP contribution >= 0.6 is 0 Å². The Bertz CT molecular complexity index is 763. The van der Waals surface area contributed by atoms with Crippen LogP contribution in [-0.4, -0.2) is 22.8 Å². The van der Waals surface area contributed by atoms with E-state index in [1.54, 1.807) is 29.4 Å². The van der Waals surface area contributed by atoms with Crippen molar-refractivity contribution in [1.29, 1.82) is 0 Å². The Morgan fingerprint density at radius 1 is 1.00 bits per heavy atom. The third-order valence-corrected chi connectivity index (χ3v) is 3.56. The summed E-state index contributed by atoms with van der Waals surface area (Å²) in [6.45, 7) is 0.586. The molecule has 0 fully saturated rings. The van der Waals surface area contributed by atoms with E-state index in [1.165, 1.54) is 10.8 Å². The highest BCUT2D eigenvalue weighted by Crippen LogP contribution is 2.20. The molecule has 1 amide bonds. The van der Waals surface area contributed by atoms with Gasteiger partial charge in [-0.15, -0.1) is 0 Å². The zero-order chi connectivity index (χ0) is 14.7. The molecule has 2 aromatic carbocycles. The summed E-state index contributed by atoms with van der Waals surface area (Å²) in [5, 5.41) is 2.38. The zero-order valence-electron chi connectivity index (χ0n) is 11.9. The van der Waals surface area contributed by atoms with E-state index in [-0.39, 0.29) is 5.91 Å². The summed E-state index contributed by atoms with van der Waals surface area (Å²) in [5.41, 5.74) is 1.81. The van der Waals surface area contributed by atoms with Gasteiger partial charge in [0.1, 0.15) is 0 Å². The minimum atomic E-state index is 0.00494. The molecule has 1 aromatic heterocycles. The van der Waals surface area contributed by atoms with Crippen LogP contribution in [0.3, 0.4) is 0 Å². The van der Waals surface area contributed by atoms with Crippen LogP contribution in [0, 0.1) is 0 Å². The summed E-state index contributed by atoms with van der Waals surface area (Å²) in [6, 6.07) is 17.9. The van der Waals surface area contributed by atoms with Gasteiger partial charge >= 0.3 is 0 Å². The van der Waals surface area contributed by atoms with Crippen molar-refractivity contribution in [2.24, 2.45) is 0 Å². The summed E-state index contributed by atoms with van der Waals surface area (Å²) >= 11 is 0. The lowest BCUT2D eigenvalue weighted by Crippen LogP contribution is -2.26. The van der Waals surface area contributed by atoms with Gasteiger partial charge in [-0.2, -0.15) is 0 Å². The number of pyridine rings is 1. The summed E-state index contributed by atoms with van der Waals surface area (Å²) in [7, 11) is 1.82. The molecule has 0 atom stereocenters. The van der Waals surface area contributed by atoms with Crippen LogP contribution in [0.5, 0.6) is 0 Å². The zero-order valence-corrected chi connectivity index (χ0v) is 11.9. The lowest BCUT2D eigenvalue weighted by molar-refractivity contribution is 0.0785. The van der Waals surface area contributed by atoms with E-state index in [2.05, 4.69) is 29.2 Å². The second kappa shape index (κ2) is 5.75. The molecule has 3 aromatic rings. The van der Waals surface area contributed by atoms with Gasteiger partial charge in [0.15, 0.2) is 0 Å². The monoisotopic (exact) mass is 276 g/mol. The van der Waals surface area contributed by atoms with Gasteiger partial charge in [0, 0.05) is 31.5 Å². The predicted molar refractivity (Wildman–Crippen MR) is 84.0 cm³/mol. The van der Waals surface area contributed by atoms with Gasteiger partial charge in [0.2, 0.25) is 0 Å². The van der Waals surface area contributed by atoms with Gasteiger partial charge in [0.05, 0.1) is 0 Å². The molecule has 3 heteroatoms. The Labute approximate surface area is 123 Å². The number of carbonyl (C=O) groups is 1. The Kier molecular flexibility index (Phi) is 3.65. The first-order valence-corrected chi connectivity index (χ1v) is 6.88. The number of fused-ring (bicyclic) bond motifs is 1. The molecular weight excluding hydrogens is 260 g/mol. The molecule has 1 heterocycles. The van der Waals surface area contributed by atoms with Crippen molar-refractivity contribution in [3.63, 3.8) is 0 Å². The lowest BCUT2D eigenvalue weighted by atomic mass is 10.0. The Hall–Kier alpha value is -2.68. The van der Waals surface area contributed by atoms with Crippen LogP contribution < -0.4 is 0 Å². The standard InChI is InChI=1S/C18H16N2O/c1-20(18(21)15-9-11-19-12-10-15)13-16-7-4-6-14-5-2-3-8-17(14)16/h2-12H,13H2,1H3. The highest BCUT2D eigenvalue weighted by molar-refractivity contribution is 5.94. The Morgan fingerprint density at radius 3 is 2.52 bits per heavy atom. The Balaban J connectivity index is 1.87. The smallest absolute Gasteiger partial charge is 0.254 e. The number of hydrogen-bond acceptors (Lipinski definition) is 2. The first kappa shape index (κ1) is 13.3. The molecule has 0 aliphatic heterocycles. The molecule has 0 saturated carbocycles. The number of carbonyl (C=O) groups excluding carboxylic acids is 1. The fourth-order valence-corrected chi connectivity index (χ4v) is 2.47. The number of benzene rings is 2. The molecular formula is C18H16N2O. The molecule has 21 heavy (non-hydrogen) atoms. The quantitative estimate of drug-likeness (QED) is 0.733. The van der Waals surface area contributed by atoms with E-state index in [9.17, 15) is 4.79 Å². The normalized spacial score (nSPS) is 10.5. The van der Waals surface area contributed by atoms with Gasteiger partial charge in [-0.3, -0.25) is 9.78 Å². The molecule has 0 N–H and O–H groups in total. The second-order valence-corrected chi connectivity index (χ2v) is 5.04. The molecule has 3 nitrogen and oxygen atoms in total. The maximum Gasteiger partial charge on any atom is 0.254 e. The molecule has 0 aliphatic rings. The molecule has 0 aliphatic carbocycles.